The highest BCUT2D eigenvalue weighted by Gasteiger charge is 2.06. The highest BCUT2D eigenvalue weighted by Crippen LogP contribution is 2.25. The van der Waals surface area contributed by atoms with E-state index in [1.54, 1.807) is 12.1 Å². The summed E-state index contributed by atoms with van der Waals surface area (Å²) < 4.78 is 5.43. The Kier molecular flexibility index (Phi) is 2.87. The lowest BCUT2D eigenvalue weighted by Gasteiger charge is -2.02. The lowest BCUT2D eigenvalue weighted by Crippen LogP contribution is -1.95. The van der Waals surface area contributed by atoms with E-state index < -0.39 is 5.97 Å². The number of thiazole rings is 1. The summed E-state index contributed by atoms with van der Waals surface area (Å²) in [4.78, 5) is 14.9. The van der Waals surface area contributed by atoms with Crippen molar-refractivity contribution in [1.29, 1.82) is 0 Å². The third-order valence-electron chi connectivity index (χ3n) is 1.88. The minimum atomic E-state index is -0.972. The molecule has 82 valence electrons. The first-order chi connectivity index (χ1) is 7.65. The maximum Gasteiger partial charge on any atom is 0.335 e. The van der Waals surface area contributed by atoms with Crippen LogP contribution >= 0.6 is 11.3 Å². The van der Waals surface area contributed by atoms with E-state index in [2.05, 4.69) is 4.98 Å². The molecule has 0 spiro atoms. The van der Waals surface area contributed by atoms with Gasteiger partial charge in [-0.3, -0.25) is 0 Å². The first kappa shape index (κ1) is 10.6. The van der Waals surface area contributed by atoms with Crippen LogP contribution in [0.2, 0.25) is 0 Å². The van der Waals surface area contributed by atoms with Crippen LogP contribution in [0.4, 0.5) is 0 Å². The Bertz CT molecular complexity index is 521. The summed E-state index contributed by atoms with van der Waals surface area (Å²) in [6, 6.07) is 6.32. The van der Waals surface area contributed by atoms with Crippen LogP contribution in [-0.2, 0) is 0 Å². The molecule has 0 saturated carbocycles. The van der Waals surface area contributed by atoms with Gasteiger partial charge >= 0.3 is 5.97 Å². The smallest absolute Gasteiger partial charge is 0.335 e. The number of nitrogens with zero attached hydrogens (tertiary/aromatic N) is 1. The molecule has 16 heavy (non-hydrogen) atoms. The van der Waals surface area contributed by atoms with Crippen LogP contribution < -0.4 is 4.74 Å². The van der Waals surface area contributed by atoms with Gasteiger partial charge in [0.2, 0.25) is 0 Å². The van der Waals surface area contributed by atoms with E-state index in [1.165, 1.54) is 23.5 Å². The van der Waals surface area contributed by atoms with Crippen molar-refractivity contribution < 1.29 is 14.6 Å². The topological polar surface area (TPSA) is 59.4 Å². The molecule has 0 amide bonds. The van der Waals surface area contributed by atoms with E-state index in [-0.39, 0.29) is 5.56 Å². The zero-order valence-electron chi connectivity index (χ0n) is 8.51. The number of carboxylic acid groups (broad SMARTS) is 1. The summed E-state index contributed by atoms with van der Waals surface area (Å²) in [5, 5.41) is 11.2. The summed E-state index contributed by atoms with van der Waals surface area (Å²) in [6.07, 6.45) is 0. The number of aromatic nitrogens is 1. The van der Waals surface area contributed by atoms with E-state index in [9.17, 15) is 4.79 Å². The molecule has 0 aliphatic heterocycles. The molecule has 0 radical (unpaired) electrons. The number of aryl methyl sites for hydroxylation is 1. The van der Waals surface area contributed by atoms with Gasteiger partial charge in [-0.2, -0.15) is 0 Å². The maximum absolute atomic E-state index is 10.7. The first-order valence-electron chi connectivity index (χ1n) is 4.58. The van der Waals surface area contributed by atoms with Gasteiger partial charge in [0, 0.05) is 5.38 Å². The summed E-state index contributed by atoms with van der Waals surface area (Å²) in [5.74, 6) is -0.491. The Morgan fingerprint density at radius 3 is 2.94 bits per heavy atom. The molecule has 5 heteroatoms. The van der Waals surface area contributed by atoms with Gasteiger partial charge in [0.1, 0.15) is 5.75 Å². The van der Waals surface area contributed by atoms with Crippen LogP contribution in [-0.4, -0.2) is 16.1 Å². The number of ether oxygens (including phenoxy) is 1. The molecule has 1 heterocycles. The van der Waals surface area contributed by atoms with Crippen molar-refractivity contribution in [2.75, 3.05) is 0 Å². The fourth-order valence-corrected chi connectivity index (χ4v) is 1.84. The summed E-state index contributed by atoms with van der Waals surface area (Å²) in [7, 11) is 0. The minimum Gasteiger partial charge on any atom is -0.478 e. The molecule has 4 nitrogen and oxygen atoms in total. The first-order valence-corrected chi connectivity index (χ1v) is 5.46. The van der Waals surface area contributed by atoms with E-state index in [0.717, 1.165) is 5.69 Å². The zero-order valence-corrected chi connectivity index (χ0v) is 9.32. The fraction of sp³-hybridized carbons (Fsp3) is 0.0909. The number of carbonyl (C=O) groups is 1. The van der Waals surface area contributed by atoms with Crippen LogP contribution in [0.3, 0.4) is 0 Å². The van der Waals surface area contributed by atoms with Crippen LogP contribution in [0.1, 0.15) is 16.1 Å². The number of hydrogen-bond donors (Lipinski definition) is 1. The predicted octanol–water partition coefficient (Wildman–Crippen LogP) is 2.94. The lowest BCUT2D eigenvalue weighted by molar-refractivity contribution is 0.0696. The van der Waals surface area contributed by atoms with Crippen molar-refractivity contribution in [2.24, 2.45) is 0 Å². The molecule has 1 aromatic carbocycles. The Hall–Kier alpha value is -1.88. The van der Waals surface area contributed by atoms with Crippen LogP contribution in [0.15, 0.2) is 29.6 Å². The molecule has 1 aromatic heterocycles. The molecule has 1 N–H and O–H groups in total. The van der Waals surface area contributed by atoms with Crippen LogP contribution in [0, 0.1) is 6.92 Å². The van der Waals surface area contributed by atoms with Gasteiger partial charge in [-0.25, -0.2) is 9.78 Å². The highest BCUT2D eigenvalue weighted by atomic mass is 32.1. The molecule has 0 fully saturated rings. The molecule has 2 rings (SSSR count). The minimum absolute atomic E-state index is 0.200. The number of hydrogen-bond acceptors (Lipinski definition) is 4. The summed E-state index contributed by atoms with van der Waals surface area (Å²) in [5.41, 5.74) is 1.08. The van der Waals surface area contributed by atoms with Gasteiger partial charge in [0.15, 0.2) is 0 Å². The average Bonchev–Trinajstić information content (AvgIpc) is 2.64. The highest BCUT2D eigenvalue weighted by molar-refractivity contribution is 7.11. The van der Waals surface area contributed by atoms with Crippen molar-refractivity contribution in [3.05, 3.63) is 40.9 Å². The number of aromatic carboxylic acids is 1. The van der Waals surface area contributed by atoms with E-state index >= 15 is 0 Å². The number of carboxylic acids is 1. The second-order valence-electron chi connectivity index (χ2n) is 3.19. The molecule has 0 saturated heterocycles. The van der Waals surface area contributed by atoms with Crippen molar-refractivity contribution in [3.8, 4) is 10.9 Å². The predicted molar refractivity (Wildman–Crippen MR) is 60.3 cm³/mol. The molecule has 0 aliphatic rings. The summed E-state index contributed by atoms with van der Waals surface area (Å²) >= 11 is 1.38. The van der Waals surface area contributed by atoms with Crippen molar-refractivity contribution in [1.82, 2.24) is 4.98 Å². The van der Waals surface area contributed by atoms with E-state index in [1.807, 2.05) is 12.3 Å². The molecule has 2 aromatic rings. The number of benzene rings is 1. The van der Waals surface area contributed by atoms with Crippen molar-refractivity contribution in [2.45, 2.75) is 6.92 Å². The second-order valence-corrected chi connectivity index (χ2v) is 4.01. The molecule has 0 aliphatic carbocycles. The Balaban J connectivity index is 2.21. The normalized spacial score (nSPS) is 10.1. The van der Waals surface area contributed by atoms with Gasteiger partial charge in [-0.15, -0.1) is 0 Å². The average molecular weight is 235 g/mol. The van der Waals surface area contributed by atoms with E-state index in [4.69, 9.17) is 9.84 Å². The third-order valence-corrected chi connectivity index (χ3v) is 2.72. The lowest BCUT2D eigenvalue weighted by atomic mass is 10.2. The SMILES string of the molecule is Cc1csc(Oc2cccc(C(=O)O)c2)n1. The van der Waals surface area contributed by atoms with Gasteiger partial charge in [-0.05, 0) is 25.1 Å². The largest absolute Gasteiger partial charge is 0.478 e. The molecular formula is C11H9NO3S. The van der Waals surface area contributed by atoms with Crippen molar-refractivity contribution >= 4 is 17.3 Å². The zero-order chi connectivity index (χ0) is 11.5. The Morgan fingerprint density at radius 1 is 1.50 bits per heavy atom. The third kappa shape index (κ3) is 2.38. The monoisotopic (exact) mass is 235 g/mol. The summed E-state index contributed by atoms with van der Waals surface area (Å²) in [6.45, 7) is 1.87. The van der Waals surface area contributed by atoms with Gasteiger partial charge in [0.05, 0.1) is 11.3 Å². The van der Waals surface area contributed by atoms with Gasteiger partial charge in [-0.1, -0.05) is 17.4 Å². The maximum atomic E-state index is 10.7. The van der Waals surface area contributed by atoms with Crippen LogP contribution in [0.5, 0.6) is 10.9 Å². The standard InChI is InChI=1S/C11H9NO3S/c1-7-6-16-11(12-7)15-9-4-2-3-8(5-9)10(13)14/h2-6H,1H3,(H,13,14). The fourth-order valence-electron chi connectivity index (χ4n) is 1.17. The molecule has 0 atom stereocenters. The quantitative estimate of drug-likeness (QED) is 0.888. The second kappa shape index (κ2) is 4.32. The molecule has 0 bridgehead atoms. The molecule has 0 unspecified atom stereocenters. The number of rotatable bonds is 3. The van der Waals surface area contributed by atoms with Crippen molar-refractivity contribution in [3.63, 3.8) is 0 Å². The Labute approximate surface area is 96.1 Å². The molecular weight excluding hydrogens is 226 g/mol. The van der Waals surface area contributed by atoms with E-state index in [0.29, 0.717) is 10.9 Å². The Morgan fingerprint density at radius 2 is 2.31 bits per heavy atom. The van der Waals surface area contributed by atoms with Gasteiger partial charge in [0.25, 0.3) is 5.19 Å². The van der Waals surface area contributed by atoms with Gasteiger partial charge < -0.3 is 9.84 Å². The van der Waals surface area contributed by atoms with Crippen LogP contribution in [0.25, 0.3) is 0 Å².